The standard InChI is InChI=1S/C18H34N2O3/c1-5-22-15-10-14(11-15)20-16(13-8-6-7-9-13)12-19-17(21)23-18(2,3)4/h13-16,20H,5-12H2,1-4H3,(H,19,21). The number of amides is 1. The van der Waals surface area contributed by atoms with Crippen LogP contribution in [0, 0.1) is 5.92 Å². The molecule has 0 bridgehead atoms. The van der Waals surface area contributed by atoms with Crippen molar-refractivity contribution in [2.45, 2.75) is 90.0 Å². The third-order valence-electron chi connectivity index (χ3n) is 4.78. The molecule has 2 N–H and O–H groups in total. The Bertz CT molecular complexity index is 369. The molecule has 2 aliphatic rings. The molecule has 0 heterocycles. The van der Waals surface area contributed by atoms with Crippen LogP contribution < -0.4 is 10.6 Å². The molecule has 0 radical (unpaired) electrons. The Labute approximate surface area is 140 Å². The lowest BCUT2D eigenvalue weighted by Crippen LogP contribution is -2.54. The Kier molecular flexibility index (Phi) is 6.72. The second-order valence-electron chi connectivity index (χ2n) is 7.95. The maximum atomic E-state index is 11.9. The monoisotopic (exact) mass is 326 g/mol. The number of ether oxygens (including phenoxy) is 2. The molecule has 1 amide bonds. The van der Waals surface area contributed by atoms with Crippen LogP contribution in [0.4, 0.5) is 4.79 Å². The average Bonchev–Trinajstić information content (AvgIpc) is 2.92. The summed E-state index contributed by atoms with van der Waals surface area (Å²) in [4.78, 5) is 11.9. The maximum Gasteiger partial charge on any atom is 0.407 e. The molecule has 2 saturated carbocycles. The molecule has 5 heteroatoms. The predicted molar refractivity (Wildman–Crippen MR) is 91.6 cm³/mol. The van der Waals surface area contributed by atoms with Crippen LogP contribution in [-0.4, -0.2) is 43.0 Å². The first kappa shape index (κ1) is 18.5. The zero-order valence-electron chi connectivity index (χ0n) is 15.2. The summed E-state index contributed by atoms with van der Waals surface area (Å²) in [6, 6.07) is 0.871. The van der Waals surface area contributed by atoms with Gasteiger partial charge in [-0.25, -0.2) is 4.79 Å². The SMILES string of the molecule is CCOC1CC(NC(CNC(=O)OC(C)(C)C)C2CCCC2)C1. The van der Waals surface area contributed by atoms with E-state index in [1.54, 1.807) is 0 Å². The molecule has 0 aromatic carbocycles. The van der Waals surface area contributed by atoms with Gasteiger partial charge >= 0.3 is 6.09 Å². The van der Waals surface area contributed by atoms with E-state index in [9.17, 15) is 4.79 Å². The highest BCUT2D eigenvalue weighted by Crippen LogP contribution is 2.30. The van der Waals surface area contributed by atoms with E-state index in [1.807, 2.05) is 27.7 Å². The Hall–Kier alpha value is -0.810. The zero-order valence-corrected chi connectivity index (χ0v) is 15.2. The van der Waals surface area contributed by atoms with Crippen molar-refractivity contribution in [2.75, 3.05) is 13.2 Å². The largest absolute Gasteiger partial charge is 0.444 e. The molecule has 2 fully saturated rings. The fraction of sp³-hybridized carbons (Fsp3) is 0.944. The Morgan fingerprint density at radius 1 is 1.22 bits per heavy atom. The van der Waals surface area contributed by atoms with Crippen molar-refractivity contribution in [1.29, 1.82) is 0 Å². The first-order chi connectivity index (χ1) is 10.9. The minimum atomic E-state index is -0.445. The quantitative estimate of drug-likeness (QED) is 0.754. The highest BCUT2D eigenvalue weighted by atomic mass is 16.6. The number of alkyl carbamates (subject to hydrolysis) is 1. The summed E-state index contributed by atoms with van der Waals surface area (Å²) in [6.07, 6.45) is 7.41. The normalized spacial score (nSPS) is 26.6. The van der Waals surface area contributed by atoms with Crippen molar-refractivity contribution in [3.63, 3.8) is 0 Å². The molecular formula is C18H34N2O3. The summed E-state index contributed by atoms with van der Waals surface area (Å²) >= 11 is 0. The third-order valence-corrected chi connectivity index (χ3v) is 4.78. The highest BCUT2D eigenvalue weighted by molar-refractivity contribution is 5.67. The van der Waals surface area contributed by atoms with Crippen LogP contribution in [-0.2, 0) is 9.47 Å². The van der Waals surface area contributed by atoms with Gasteiger partial charge in [-0.2, -0.15) is 0 Å². The van der Waals surface area contributed by atoms with E-state index in [4.69, 9.17) is 9.47 Å². The van der Waals surface area contributed by atoms with Crippen LogP contribution in [0.5, 0.6) is 0 Å². The van der Waals surface area contributed by atoms with Crippen molar-refractivity contribution in [2.24, 2.45) is 5.92 Å². The number of hydrogen-bond donors (Lipinski definition) is 2. The molecule has 1 unspecified atom stereocenters. The average molecular weight is 326 g/mol. The second-order valence-corrected chi connectivity index (χ2v) is 7.95. The highest BCUT2D eigenvalue weighted by Gasteiger charge is 2.34. The molecule has 1 atom stereocenters. The molecule has 5 nitrogen and oxygen atoms in total. The first-order valence-electron chi connectivity index (χ1n) is 9.22. The van der Waals surface area contributed by atoms with Gasteiger partial charge in [-0.1, -0.05) is 12.8 Å². The minimum absolute atomic E-state index is 0.317. The number of carbonyl (C=O) groups excluding carboxylic acids is 1. The van der Waals surface area contributed by atoms with Gasteiger partial charge < -0.3 is 20.1 Å². The summed E-state index contributed by atoms with van der Waals surface area (Å²) < 4.78 is 11.0. The van der Waals surface area contributed by atoms with Crippen molar-refractivity contribution in [1.82, 2.24) is 10.6 Å². The van der Waals surface area contributed by atoms with Gasteiger partial charge in [0.25, 0.3) is 0 Å². The number of rotatable bonds is 7. The number of carbonyl (C=O) groups is 1. The fourth-order valence-electron chi connectivity index (χ4n) is 3.61. The topological polar surface area (TPSA) is 59.6 Å². The number of hydrogen-bond acceptors (Lipinski definition) is 4. The Morgan fingerprint density at radius 2 is 1.87 bits per heavy atom. The lowest BCUT2D eigenvalue weighted by atomic mass is 9.86. The summed E-state index contributed by atoms with van der Waals surface area (Å²) in [5.41, 5.74) is -0.445. The summed E-state index contributed by atoms with van der Waals surface area (Å²) in [5.74, 6) is 0.663. The van der Waals surface area contributed by atoms with Crippen molar-refractivity contribution in [3.8, 4) is 0 Å². The van der Waals surface area contributed by atoms with Crippen LogP contribution >= 0.6 is 0 Å². The van der Waals surface area contributed by atoms with Gasteiger partial charge in [0.2, 0.25) is 0 Å². The smallest absolute Gasteiger partial charge is 0.407 e. The van der Waals surface area contributed by atoms with Gasteiger partial charge in [0.05, 0.1) is 6.10 Å². The van der Waals surface area contributed by atoms with E-state index < -0.39 is 5.60 Å². The van der Waals surface area contributed by atoms with Gasteiger partial charge in [0.1, 0.15) is 5.60 Å². The molecule has 23 heavy (non-hydrogen) atoms. The molecule has 2 rings (SSSR count). The van der Waals surface area contributed by atoms with Crippen molar-refractivity contribution in [3.05, 3.63) is 0 Å². The molecule has 0 spiro atoms. The van der Waals surface area contributed by atoms with E-state index in [-0.39, 0.29) is 6.09 Å². The summed E-state index contributed by atoms with van der Waals surface area (Å²) in [7, 11) is 0. The molecule has 0 aromatic heterocycles. The zero-order chi connectivity index (χ0) is 16.9. The Balaban J connectivity index is 1.77. The fourth-order valence-corrected chi connectivity index (χ4v) is 3.61. The molecular weight excluding hydrogens is 292 g/mol. The van der Waals surface area contributed by atoms with Gasteiger partial charge in [0, 0.05) is 25.2 Å². The van der Waals surface area contributed by atoms with Gasteiger partial charge in [-0.3, -0.25) is 0 Å². The molecule has 2 aliphatic carbocycles. The van der Waals surface area contributed by atoms with E-state index in [2.05, 4.69) is 10.6 Å². The second kappa shape index (κ2) is 8.34. The molecule has 134 valence electrons. The van der Waals surface area contributed by atoms with Crippen LogP contribution in [0.3, 0.4) is 0 Å². The lowest BCUT2D eigenvalue weighted by molar-refractivity contribution is -0.0142. The van der Waals surface area contributed by atoms with Gasteiger partial charge in [-0.15, -0.1) is 0 Å². The van der Waals surface area contributed by atoms with Crippen LogP contribution in [0.15, 0.2) is 0 Å². The predicted octanol–water partition coefficient (Wildman–Crippen LogP) is 3.23. The van der Waals surface area contributed by atoms with E-state index in [1.165, 1.54) is 25.7 Å². The van der Waals surface area contributed by atoms with Crippen LogP contribution in [0.1, 0.15) is 66.2 Å². The van der Waals surface area contributed by atoms with E-state index in [0.29, 0.717) is 30.7 Å². The summed E-state index contributed by atoms with van der Waals surface area (Å²) in [6.45, 7) is 9.16. The molecule has 0 aliphatic heterocycles. The van der Waals surface area contributed by atoms with E-state index in [0.717, 1.165) is 19.4 Å². The molecule has 0 saturated heterocycles. The molecule has 0 aromatic rings. The van der Waals surface area contributed by atoms with Gasteiger partial charge in [-0.05, 0) is 59.3 Å². The minimum Gasteiger partial charge on any atom is -0.444 e. The third kappa shape index (κ3) is 6.30. The maximum absolute atomic E-state index is 11.9. The van der Waals surface area contributed by atoms with Crippen molar-refractivity contribution >= 4 is 6.09 Å². The van der Waals surface area contributed by atoms with Crippen molar-refractivity contribution < 1.29 is 14.3 Å². The first-order valence-corrected chi connectivity index (χ1v) is 9.22. The lowest BCUT2D eigenvalue weighted by Gasteiger charge is -2.39. The van der Waals surface area contributed by atoms with Crippen LogP contribution in [0.2, 0.25) is 0 Å². The van der Waals surface area contributed by atoms with Crippen LogP contribution in [0.25, 0.3) is 0 Å². The number of nitrogens with one attached hydrogen (secondary N) is 2. The van der Waals surface area contributed by atoms with Gasteiger partial charge in [0.15, 0.2) is 0 Å². The Morgan fingerprint density at radius 3 is 2.43 bits per heavy atom. The summed E-state index contributed by atoms with van der Waals surface area (Å²) in [5, 5.41) is 6.70. The van der Waals surface area contributed by atoms with E-state index >= 15 is 0 Å².